The molecule has 1 aliphatic heterocycles. The van der Waals surface area contributed by atoms with Gasteiger partial charge in [-0.1, -0.05) is 0 Å². The summed E-state index contributed by atoms with van der Waals surface area (Å²) in [4.78, 5) is 8.04. The zero-order valence-corrected chi connectivity index (χ0v) is 14.7. The average Bonchev–Trinajstić information content (AvgIpc) is 2.37. The molecule has 0 fully saturated rings. The number of primary sulfonamides is 1. The number of dihydropyridines is 1. The molecule has 0 saturated carbocycles. The van der Waals surface area contributed by atoms with Crippen LogP contribution in [-0.4, -0.2) is 38.1 Å². The molecule has 1 aromatic rings. The second-order valence-corrected chi connectivity index (χ2v) is 7.86. The fourth-order valence-corrected chi connectivity index (χ4v) is 4.05. The molecule has 2 rings (SSSR count). The normalized spacial score (nSPS) is 22.5. The van der Waals surface area contributed by atoms with Crippen LogP contribution in [0.5, 0.6) is 5.75 Å². The predicted octanol–water partition coefficient (Wildman–Crippen LogP) is 1.37. The van der Waals surface area contributed by atoms with Crippen LogP contribution in [0.15, 0.2) is 32.3 Å². The monoisotopic (exact) mass is 439 g/mol. The number of nitrogens with two attached hydrogens (primary N) is 1. The standard InChI is InChI=1S/C11H11Br2N3O4S/c1-20-10-7(13)3-11(5-16-10,21(14,18)19)9-8(17)2-6(12)4-15-9/h2-4,17H,5H2,1H3,(H2,14,18,19). The number of sulfonamides is 1. The van der Waals surface area contributed by atoms with Gasteiger partial charge < -0.3 is 9.84 Å². The van der Waals surface area contributed by atoms with E-state index >= 15 is 0 Å². The molecule has 0 radical (unpaired) electrons. The number of rotatable bonds is 2. The van der Waals surface area contributed by atoms with Crippen molar-refractivity contribution in [1.29, 1.82) is 0 Å². The number of nitrogens with zero attached hydrogens (tertiary/aromatic N) is 2. The second kappa shape index (κ2) is 5.67. The highest BCUT2D eigenvalue weighted by Crippen LogP contribution is 2.40. The zero-order chi connectivity index (χ0) is 15.8. The Balaban J connectivity index is 2.70. The van der Waals surface area contributed by atoms with Gasteiger partial charge in [-0.15, -0.1) is 0 Å². The van der Waals surface area contributed by atoms with Crippen molar-refractivity contribution >= 4 is 47.8 Å². The minimum atomic E-state index is -4.15. The Kier molecular flexibility index (Phi) is 4.43. The number of methoxy groups -OCH3 is 1. The molecule has 1 aromatic heterocycles. The van der Waals surface area contributed by atoms with Crippen LogP contribution in [0.25, 0.3) is 0 Å². The summed E-state index contributed by atoms with van der Waals surface area (Å²) in [5.41, 5.74) is -0.0935. The van der Waals surface area contributed by atoms with E-state index in [2.05, 4.69) is 41.8 Å². The Morgan fingerprint density at radius 1 is 1.48 bits per heavy atom. The number of aromatic nitrogens is 1. The van der Waals surface area contributed by atoms with Gasteiger partial charge in [-0.25, -0.2) is 18.5 Å². The first-order valence-electron chi connectivity index (χ1n) is 5.56. The van der Waals surface area contributed by atoms with Gasteiger partial charge in [0.2, 0.25) is 15.9 Å². The van der Waals surface area contributed by atoms with Gasteiger partial charge in [0, 0.05) is 10.7 Å². The topological polar surface area (TPSA) is 115 Å². The van der Waals surface area contributed by atoms with E-state index in [-0.39, 0.29) is 23.9 Å². The smallest absolute Gasteiger partial charge is 0.226 e. The van der Waals surface area contributed by atoms with E-state index in [4.69, 9.17) is 9.88 Å². The minimum absolute atomic E-state index is 0.0935. The lowest BCUT2D eigenvalue weighted by Gasteiger charge is -2.30. The highest BCUT2D eigenvalue weighted by Gasteiger charge is 2.47. The summed E-state index contributed by atoms with van der Waals surface area (Å²) >= 11 is 6.33. The van der Waals surface area contributed by atoms with Crippen LogP contribution in [-0.2, 0) is 19.5 Å². The Morgan fingerprint density at radius 2 is 2.14 bits per heavy atom. The quantitative estimate of drug-likeness (QED) is 0.720. The van der Waals surface area contributed by atoms with Crippen molar-refractivity contribution < 1.29 is 18.3 Å². The molecular weight excluding hydrogens is 430 g/mol. The molecule has 3 N–H and O–H groups in total. The third kappa shape index (κ3) is 2.85. The van der Waals surface area contributed by atoms with Gasteiger partial charge in [-0.2, -0.15) is 0 Å². The lowest BCUT2D eigenvalue weighted by molar-refractivity contribution is 0.398. The summed E-state index contributed by atoms with van der Waals surface area (Å²) in [6, 6.07) is 1.34. The van der Waals surface area contributed by atoms with Crippen molar-refractivity contribution in [2.24, 2.45) is 10.1 Å². The van der Waals surface area contributed by atoms with Crippen LogP contribution in [0.1, 0.15) is 5.69 Å². The van der Waals surface area contributed by atoms with Crippen molar-refractivity contribution in [3.05, 3.63) is 33.0 Å². The fourth-order valence-electron chi connectivity index (χ4n) is 1.94. The number of ether oxygens (including phenoxy) is 1. The van der Waals surface area contributed by atoms with E-state index < -0.39 is 14.8 Å². The molecule has 0 aromatic carbocycles. The molecule has 1 atom stereocenters. The summed E-state index contributed by atoms with van der Waals surface area (Å²) < 4.78 is 28.3. The molecular formula is C11H11Br2N3O4S. The maximum atomic E-state index is 12.1. The molecule has 10 heteroatoms. The van der Waals surface area contributed by atoms with Gasteiger partial charge >= 0.3 is 0 Å². The summed E-state index contributed by atoms with van der Waals surface area (Å²) in [6.45, 7) is -0.244. The van der Waals surface area contributed by atoms with Gasteiger partial charge in [-0.05, 0) is 44.0 Å². The number of pyridine rings is 1. The van der Waals surface area contributed by atoms with Crippen molar-refractivity contribution in [2.75, 3.05) is 13.7 Å². The largest absolute Gasteiger partial charge is 0.506 e. The fraction of sp³-hybridized carbons (Fsp3) is 0.273. The van der Waals surface area contributed by atoms with Crippen LogP contribution >= 0.6 is 31.9 Å². The van der Waals surface area contributed by atoms with E-state index in [1.807, 2.05) is 0 Å². The second-order valence-electron chi connectivity index (χ2n) is 4.27. The van der Waals surface area contributed by atoms with E-state index in [0.717, 1.165) is 0 Å². The van der Waals surface area contributed by atoms with Crippen molar-refractivity contribution in [1.82, 2.24) is 4.98 Å². The maximum Gasteiger partial charge on any atom is 0.226 e. The number of hydrogen-bond donors (Lipinski definition) is 2. The zero-order valence-electron chi connectivity index (χ0n) is 10.7. The number of hydrogen-bond acceptors (Lipinski definition) is 6. The third-order valence-corrected chi connectivity index (χ3v) is 5.42. The van der Waals surface area contributed by atoms with Crippen molar-refractivity contribution in [3.8, 4) is 5.75 Å². The summed E-state index contributed by atoms with van der Waals surface area (Å²) in [5, 5.41) is 15.4. The number of aliphatic imine (C=N–C) groups is 1. The predicted molar refractivity (Wildman–Crippen MR) is 84.7 cm³/mol. The molecule has 0 bridgehead atoms. The van der Waals surface area contributed by atoms with Crippen molar-refractivity contribution in [2.45, 2.75) is 4.75 Å². The van der Waals surface area contributed by atoms with E-state index in [0.29, 0.717) is 8.96 Å². The average molecular weight is 441 g/mol. The molecule has 21 heavy (non-hydrogen) atoms. The summed E-state index contributed by atoms with van der Waals surface area (Å²) in [5.74, 6) is -0.0584. The Hall–Kier alpha value is -0.970. The summed E-state index contributed by atoms with van der Waals surface area (Å²) in [6.07, 6.45) is 2.70. The Bertz CT molecular complexity index is 748. The molecule has 0 amide bonds. The molecule has 2 heterocycles. The summed E-state index contributed by atoms with van der Waals surface area (Å²) in [7, 11) is -2.74. The number of halogens is 2. The molecule has 1 aliphatic rings. The molecule has 0 spiro atoms. The van der Waals surface area contributed by atoms with Gasteiger partial charge in [0.05, 0.1) is 18.1 Å². The van der Waals surface area contributed by atoms with Crippen LogP contribution in [0, 0.1) is 0 Å². The van der Waals surface area contributed by atoms with Gasteiger partial charge in [0.25, 0.3) is 0 Å². The molecule has 7 nitrogen and oxygen atoms in total. The lowest BCUT2D eigenvalue weighted by atomic mass is 10.0. The highest BCUT2D eigenvalue weighted by atomic mass is 79.9. The van der Waals surface area contributed by atoms with Crippen molar-refractivity contribution in [3.63, 3.8) is 0 Å². The van der Waals surface area contributed by atoms with Gasteiger partial charge in [-0.3, -0.25) is 4.98 Å². The first kappa shape index (κ1) is 16.4. The first-order chi connectivity index (χ1) is 9.71. The van der Waals surface area contributed by atoms with E-state index in [9.17, 15) is 13.5 Å². The highest BCUT2D eigenvalue weighted by molar-refractivity contribution is 9.12. The molecule has 114 valence electrons. The Morgan fingerprint density at radius 3 is 2.62 bits per heavy atom. The molecule has 0 aliphatic carbocycles. The van der Waals surface area contributed by atoms with E-state index in [1.165, 1.54) is 25.4 Å². The minimum Gasteiger partial charge on any atom is -0.506 e. The lowest BCUT2D eigenvalue weighted by Crippen LogP contribution is -2.44. The van der Waals surface area contributed by atoms with Crippen LogP contribution in [0.2, 0.25) is 0 Å². The maximum absolute atomic E-state index is 12.1. The van der Waals surface area contributed by atoms with Gasteiger partial charge in [0.1, 0.15) is 11.4 Å². The van der Waals surface area contributed by atoms with Gasteiger partial charge in [0.15, 0.2) is 4.75 Å². The molecule has 0 saturated heterocycles. The number of aromatic hydroxyl groups is 1. The van der Waals surface area contributed by atoms with E-state index in [1.54, 1.807) is 0 Å². The molecule has 1 unspecified atom stereocenters. The van der Waals surface area contributed by atoms with Crippen LogP contribution < -0.4 is 5.14 Å². The van der Waals surface area contributed by atoms with Crippen LogP contribution in [0.3, 0.4) is 0 Å². The Labute approximate surface area is 138 Å². The third-order valence-electron chi connectivity index (χ3n) is 2.96. The SMILES string of the molecule is COC1=NCC(c2ncc(Br)cc2O)(S(N)(=O)=O)C=C1Br. The van der Waals surface area contributed by atoms with Crippen LogP contribution in [0.4, 0.5) is 0 Å². The first-order valence-corrected chi connectivity index (χ1v) is 8.69.